The highest BCUT2D eigenvalue weighted by Crippen LogP contribution is 2.42. The number of likely N-dealkylation sites (tertiary alicyclic amines) is 2. The summed E-state index contributed by atoms with van der Waals surface area (Å²) in [4.78, 5) is 68.7. The van der Waals surface area contributed by atoms with Crippen molar-refractivity contribution in [1.82, 2.24) is 40.0 Å². The number of pyridine rings is 1. The van der Waals surface area contributed by atoms with E-state index in [1.54, 1.807) is 22.9 Å². The molecule has 2 amide bonds. The van der Waals surface area contributed by atoms with Gasteiger partial charge < -0.3 is 43.8 Å². The molecule has 4 saturated heterocycles. The number of aromatic nitrogens is 3. The fourth-order valence-electron chi connectivity index (χ4n) is 10.2. The number of fused-ring (bicyclic) bond motifs is 2. The summed E-state index contributed by atoms with van der Waals surface area (Å²) in [7, 11) is -2.70. The number of aryl methyl sites for hydroxylation is 1. The van der Waals surface area contributed by atoms with Gasteiger partial charge in [0.15, 0.2) is 5.76 Å². The molecule has 3 aromatic heterocycles. The molecule has 2 bridgehead atoms. The van der Waals surface area contributed by atoms with Gasteiger partial charge in [-0.25, -0.2) is 14.5 Å². The maximum absolute atomic E-state index is 14.4. The smallest absolute Gasteiger partial charge is 0.469 e. The van der Waals surface area contributed by atoms with E-state index >= 15 is 0 Å². The van der Waals surface area contributed by atoms with Gasteiger partial charge in [0, 0.05) is 101 Å². The van der Waals surface area contributed by atoms with Crippen molar-refractivity contribution in [3.8, 4) is 22.2 Å². The first-order valence-corrected chi connectivity index (χ1v) is 25.5. The van der Waals surface area contributed by atoms with E-state index in [-0.39, 0.29) is 30.5 Å². The molecular formula is C46H64N9O9PS. The van der Waals surface area contributed by atoms with Gasteiger partial charge >= 0.3 is 7.82 Å². The van der Waals surface area contributed by atoms with Crippen LogP contribution in [-0.4, -0.2) is 159 Å². The predicted octanol–water partition coefficient (Wildman–Crippen LogP) is 4.94. The lowest BCUT2D eigenvalue weighted by Gasteiger charge is -2.41. The average molecular weight is 950 g/mol. The first-order chi connectivity index (χ1) is 31.6. The Morgan fingerprint density at radius 3 is 2.36 bits per heavy atom. The minimum absolute atomic E-state index is 0.0980. The first-order valence-electron chi connectivity index (χ1n) is 23.1. The number of hydrogen-bond acceptors (Lipinski definition) is 15. The number of hydrogen-bond donors (Lipinski definition) is 3. The van der Waals surface area contributed by atoms with Gasteiger partial charge in [-0.2, -0.15) is 0 Å². The average Bonchev–Trinajstić information content (AvgIpc) is 4.07. The highest BCUT2D eigenvalue weighted by molar-refractivity contribution is 7.46. The number of likely N-dealkylation sites (N-methyl/N-ethyl adjacent to an activating group) is 1. The van der Waals surface area contributed by atoms with Gasteiger partial charge in [-0.15, -0.1) is 11.3 Å². The number of anilines is 1. The van der Waals surface area contributed by atoms with Crippen LogP contribution in [-0.2, 0) is 18.7 Å². The summed E-state index contributed by atoms with van der Waals surface area (Å²) in [5, 5.41) is 7.14. The van der Waals surface area contributed by atoms with Crippen molar-refractivity contribution in [2.75, 3.05) is 77.5 Å². The quantitative estimate of drug-likeness (QED) is 0.113. The van der Waals surface area contributed by atoms with Gasteiger partial charge in [-0.05, 0) is 68.9 Å². The van der Waals surface area contributed by atoms with Gasteiger partial charge in [0.1, 0.15) is 25.2 Å². The molecular weight excluding hydrogens is 886 g/mol. The molecule has 4 aliphatic rings. The number of nitrogens with one attached hydrogen (secondary N) is 1. The molecule has 7 heterocycles. The van der Waals surface area contributed by atoms with Crippen molar-refractivity contribution in [3.63, 3.8) is 0 Å². The second-order valence-electron chi connectivity index (χ2n) is 18.6. The Kier molecular flexibility index (Phi) is 15.1. The van der Waals surface area contributed by atoms with E-state index in [4.69, 9.17) is 18.5 Å². The SMILES string of the molecule is Cc1ncsc1-c1ccc([C@H](C)NC(=O)[C@@H]2C[C@@H](OP(=O)(O)O)CN2C(=O)[C@@H](c2cc(OCCN3CCN(CCOc4cc(N5C6CCC5CN(C)C6)ccn4)[C@H](C)C3)no2)C(C)C)cc1. The van der Waals surface area contributed by atoms with E-state index < -0.39 is 43.7 Å². The lowest BCUT2D eigenvalue weighted by Crippen LogP contribution is -2.53. The standard InChI is InChI=1S/C46H64N9O9PS/c1-29(2)43(46(57)54-27-38(64-65(58,59)60)22-39(54)45(56)49-31(4)33-7-9-34(10-8-33)44-32(5)48-28-66-44)40-23-42(50-63-40)62-19-17-52-15-16-53(30(3)24-52)18-20-61-41-21-35(13-14-47-41)55-36-11-12-37(55)26-51(6)25-36/h7-10,13-14,21,23,28-31,36-39,43H,11-12,15-20,22,24-27H2,1-6H3,(H,49,56)(H2,58,59,60)/t30-,31+,36?,37?,38-,39+,43-/m1/s1. The fraction of sp³-hybridized carbons (Fsp3) is 0.587. The second kappa shape index (κ2) is 20.8. The summed E-state index contributed by atoms with van der Waals surface area (Å²) >= 11 is 1.56. The van der Waals surface area contributed by atoms with E-state index in [9.17, 15) is 23.9 Å². The van der Waals surface area contributed by atoms with E-state index in [1.165, 1.54) is 23.4 Å². The number of nitrogens with zero attached hydrogens (tertiary/aromatic N) is 8. The molecule has 4 fully saturated rings. The third-order valence-corrected chi connectivity index (χ3v) is 15.0. The zero-order valence-corrected chi connectivity index (χ0v) is 40.4. The molecule has 4 aliphatic heterocycles. The number of rotatable bonds is 18. The van der Waals surface area contributed by atoms with Crippen LogP contribution in [0.5, 0.6) is 11.8 Å². The number of carbonyl (C=O) groups is 2. The number of amides is 2. The molecule has 0 saturated carbocycles. The molecule has 20 heteroatoms. The summed E-state index contributed by atoms with van der Waals surface area (Å²) in [6, 6.07) is 13.6. The second-order valence-corrected chi connectivity index (χ2v) is 20.7. The Morgan fingerprint density at radius 1 is 0.955 bits per heavy atom. The van der Waals surface area contributed by atoms with E-state index in [0.717, 1.165) is 61.0 Å². The first kappa shape index (κ1) is 48.0. The number of ether oxygens (including phenoxy) is 2. The molecule has 8 rings (SSSR count). The van der Waals surface area contributed by atoms with E-state index in [2.05, 4.69) is 66.1 Å². The normalized spacial score (nSPS) is 23.9. The maximum atomic E-state index is 14.4. The van der Waals surface area contributed by atoms with Crippen LogP contribution >= 0.6 is 19.2 Å². The molecule has 0 radical (unpaired) electrons. The van der Waals surface area contributed by atoms with Gasteiger partial charge in [0.2, 0.25) is 17.7 Å². The zero-order valence-electron chi connectivity index (χ0n) is 38.7. The molecule has 0 spiro atoms. The van der Waals surface area contributed by atoms with Crippen LogP contribution < -0.4 is 19.7 Å². The number of phosphoric ester groups is 1. The highest BCUT2D eigenvalue weighted by Gasteiger charge is 2.46. The third-order valence-electron chi connectivity index (χ3n) is 13.5. The monoisotopic (exact) mass is 949 g/mol. The van der Waals surface area contributed by atoms with Crippen molar-refractivity contribution in [2.24, 2.45) is 5.92 Å². The van der Waals surface area contributed by atoms with Crippen molar-refractivity contribution < 1.29 is 42.5 Å². The highest BCUT2D eigenvalue weighted by atomic mass is 32.1. The molecule has 18 nitrogen and oxygen atoms in total. The van der Waals surface area contributed by atoms with Crippen LogP contribution in [0.25, 0.3) is 10.4 Å². The lowest BCUT2D eigenvalue weighted by molar-refractivity contribution is -0.141. The van der Waals surface area contributed by atoms with Gasteiger partial charge in [0.25, 0.3) is 5.88 Å². The van der Waals surface area contributed by atoms with Crippen LogP contribution in [0.3, 0.4) is 0 Å². The summed E-state index contributed by atoms with van der Waals surface area (Å²) in [5.41, 5.74) is 5.82. The summed E-state index contributed by atoms with van der Waals surface area (Å²) < 4.78 is 34.9. The Bertz CT molecular complexity index is 2310. The minimum Gasteiger partial charge on any atom is -0.476 e. The Hall–Kier alpha value is -4.46. The summed E-state index contributed by atoms with van der Waals surface area (Å²) in [6.07, 6.45) is 3.16. The number of carbonyl (C=O) groups excluding carboxylic acids is 2. The van der Waals surface area contributed by atoms with Crippen LogP contribution in [0.15, 0.2) is 58.7 Å². The number of phosphoric acid groups is 1. The Balaban J connectivity index is 0.817. The largest absolute Gasteiger partial charge is 0.476 e. The molecule has 1 aromatic carbocycles. The Morgan fingerprint density at radius 2 is 1.68 bits per heavy atom. The Labute approximate surface area is 390 Å². The van der Waals surface area contributed by atoms with Crippen molar-refractivity contribution >= 4 is 36.7 Å². The van der Waals surface area contributed by atoms with E-state index in [0.29, 0.717) is 43.8 Å². The third kappa shape index (κ3) is 11.4. The lowest BCUT2D eigenvalue weighted by atomic mass is 9.91. The maximum Gasteiger partial charge on any atom is 0.469 e. The van der Waals surface area contributed by atoms with Crippen LogP contribution in [0.4, 0.5) is 5.69 Å². The topological polar surface area (TPSA) is 199 Å². The number of piperazine rings is 2. The molecule has 358 valence electrons. The molecule has 3 N–H and O–H groups in total. The predicted molar refractivity (Wildman–Crippen MR) is 249 cm³/mol. The van der Waals surface area contributed by atoms with Crippen molar-refractivity contribution in [1.29, 1.82) is 0 Å². The van der Waals surface area contributed by atoms with Crippen LogP contribution in [0.1, 0.15) is 75.9 Å². The number of benzene rings is 1. The molecule has 66 heavy (non-hydrogen) atoms. The van der Waals surface area contributed by atoms with Crippen molar-refractivity contribution in [2.45, 2.75) is 96.1 Å². The molecule has 2 unspecified atom stereocenters. The van der Waals surface area contributed by atoms with Crippen LogP contribution in [0, 0.1) is 12.8 Å². The molecule has 4 aromatic rings. The summed E-state index contributed by atoms with van der Waals surface area (Å²) in [6.45, 7) is 16.8. The van der Waals surface area contributed by atoms with E-state index in [1.807, 2.05) is 58.2 Å². The van der Waals surface area contributed by atoms with Crippen molar-refractivity contribution in [3.05, 3.63) is 71.2 Å². The molecule has 0 aliphatic carbocycles. The zero-order chi connectivity index (χ0) is 46.7. The van der Waals surface area contributed by atoms with Gasteiger partial charge in [-0.3, -0.25) is 23.9 Å². The number of thiazole rings is 1. The summed E-state index contributed by atoms with van der Waals surface area (Å²) in [5.74, 6) is -0.867. The molecule has 7 atom stereocenters. The minimum atomic E-state index is -4.92. The van der Waals surface area contributed by atoms with Gasteiger partial charge in [0.05, 0.1) is 28.2 Å². The van der Waals surface area contributed by atoms with Gasteiger partial charge in [-0.1, -0.05) is 38.1 Å². The fourth-order valence-corrected chi connectivity index (χ4v) is 11.5. The van der Waals surface area contributed by atoms with Crippen LogP contribution in [0.2, 0.25) is 0 Å².